The lowest BCUT2D eigenvalue weighted by Crippen LogP contribution is -2.02. The molecule has 0 amide bonds. The number of carbonyl (C=O) groups is 1. The van der Waals surface area contributed by atoms with Crippen molar-refractivity contribution in [3.05, 3.63) is 41.4 Å². The largest absolute Gasteiger partial charge is 0.288 e. The van der Waals surface area contributed by atoms with Crippen LogP contribution in [-0.2, 0) is 0 Å². The first kappa shape index (κ1) is 13.7. The van der Waals surface area contributed by atoms with Gasteiger partial charge in [-0.05, 0) is 12.1 Å². The molecule has 0 aromatic carbocycles. The van der Waals surface area contributed by atoms with Crippen LogP contribution in [-0.4, -0.2) is 5.78 Å². The highest BCUT2D eigenvalue weighted by atomic mass is 32.1. The third kappa shape index (κ3) is 1.75. The number of nitriles is 4. The summed E-state index contributed by atoms with van der Waals surface area (Å²) in [4.78, 5) is 12.4. The summed E-state index contributed by atoms with van der Waals surface area (Å²) in [7, 11) is 0. The summed E-state index contributed by atoms with van der Waals surface area (Å²) in [5.74, 6) is -0.208. The first-order chi connectivity index (χ1) is 10.6. The van der Waals surface area contributed by atoms with Gasteiger partial charge in [0.1, 0.15) is 35.4 Å². The van der Waals surface area contributed by atoms with Gasteiger partial charge in [0.2, 0.25) is 0 Å². The third-order valence-electron chi connectivity index (χ3n) is 3.10. The maximum absolute atomic E-state index is 12.4. The van der Waals surface area contributed by atoms with Gasteiger partial charge in [0.25, 0.3) is 0 Å². The van der Waals surface area contributed by atoms with Gasteiger partial charge in [-0.25, -0.2) is 0 Å². The highest BCUT2D eigenvalue weighted by Gasteiger charge is 2.24. The van der Waals surface area contributed by atoms with Gasteiger partial charge in [-0.15, -0.1) is 22.7 Å². The lowest BCUT2D eigenvalue weighted by atomic mass is 10.1. The minimum atomic E-state index is -0.208. The average molecular weight is 318 g/mol. The van der Waals surface area contributed by atoms with Crippen LogP contribution in [0.1, 0.15) is 15.9 Å². The zero-order valence-electron chi connectivity index (χ0n) is 10.7. The molecule has 0 fully saturated rings. The lowest BCUT2D eigenvalue weighted by molar-refractivity contribution is 0.104. The zero-order valence-corrected chi connectivity index (χ0v) is 12.3. The monoisotopic (exact) mass is 318 g/mol. The summed E-state index contributed by atoms with van der Waals surface area (Å²) >= 11 is 2.40. The molecule has 2 heterocycles. The van der Waals surface area contributed by atoms with Crippen LogP contribution in [0.2, 0.25) is 0 Å². The van der Waals surface area contributed by atoms with Gasteiger partial charge in [0.05, 0.1) is 18.1 Å². The maximum atomic E-state index is 12.4. The number of hydrogen-bond acceptors (Lipinski definition) is 7. The molecule has 0 radical (unpaired) electrons. The molecule has 0 saturated carbocycles. The molecule has 0 atom stereocenters. The quantitative estimate of drug-likeness (QED) is 0.614. The van der Waals surface area contributed by atoms with Crippen molar-refractivity contribution < 1.29 is 4.79 Å². The topological polar surface area (TPSA) is 112 Å². The second-order valence-corrected chi connectivity index (χ2v) is 6.34. The van der Waals surface area contributed by atoms with Crippen LogP contribution in [0.25, 0.3) is 11.1 Å². The molecule has 2 aromatic rings. The number of rotatable bonds is 0. The van der Waals surface area contributed by atoms with Gasteiger partial charge in [-0.1, -0.05) is 0 Å². The van der Waals surface area contributed by atoms with Crippen LogP contribution in [0.15, 0.2) is 12.1 Å². The second kappa shape index (κ2) is 4.95. The van der Waals surface area contributed by atoms with E-state index in [-0.39, 0.29) is 16.9 Å². The van der Waals surface area contributed by atoms with Crippen molar-refractivity contribution in [2.24, 2.45) is 0 Å². The molecule has 0 unspecified atom stereocenters. The van der Waals surface area contributed by atoms with Crippen LogP contribution in [0.4, 0.5) is 0 Å². The Morgan fingerprint density at radius 2 is 1.14 bits per heavy atom. The standard InChI is InChI=1S/C15H2N4OS2/c16-3-7(4-17)11-1-9-13(20)10-2-12(8(5-18)6-19)22-15(10)14(9)21-11/h1-2H. The van der Waals surface area contributed by atoms with E-state index in [0.29, 0.717) is 29.3 Å². The number of ketones is 1. The molecule has 0 aliphatic heterocycles. The van der Waals surface area contributed by atoms with E-state index < -0.39 is 0 Å². The lowest BCUT2D eigenvalue weighted by Gasteiger charge is -1.86. The Balaban J connectivity index is 2.54. The normalized spacial score (nSPS) is 10.6. The van der Waals surface area contributed by atoms with Crippen LogP contribution in [0.5, 0.6) is 0 Å². The number of fused-ring (bicyclic) bond motifs is 2. The number of thiophene rings is 2. The minimum Gasteiger partial charge on any atom is -0.288 e. The fraction of sp³-hybridized carbons (Fsp3) is 0. The van der Waals surface area contributed by atoms with Crippen LogP contribution in [0.3, 0.4) is 0 Å². The van der Waals surface area contributed by atoms with Crippen molar-refractivity contribution in [2.45, 2.75) is 0 Å². The fourth-order valence-corrected chi connectivity index (χ4v) is 4.48. The smallest absolute Gasteiger partial charge is 0.196 e. The van der Waals surface area contributed by atoms with Crippen molar-refractivity contribution in [3.63, 3.8) is 0 Å². The predicted molar refractivity (Wildman–Crippen MR) is 78.3 cm³/mol. The van der Waals surface area contributed by atoms with Gasteiger partial charge in [-0.2, -0.15) is 21.0 Å². The average Bonchev–Trinajstić information content (AvgIpc) is 3.18. The summed E-state index contributed by atoms with van der Waals surface area (Å²) in [6.45, 7) is 0. The summed E-state index contributed by atoms with van der Waals surface area (Å²) in [6, 6.07) is 10.3. The van der Waals surface area contributed by atoms with Crippen molar-refractivity contribution in [3.8, 4) is 24.3 Å². The van der Waals surface area contributed by atoms with Crippen LogP contribution < -0.4 is 9.06 Å². The highest BCUT2D eigenvalue weighted by Crippen LogP contribution is 2.24. The maximum Gasteiger partial charge on any atom is 0.196 e. The Morgan fingerprint density at radius 3 is 1.45 bits per heavy atom. The number of hydrogen-bond donors (Lipinski definition) is 0. The molecule has 3 rings (SSSR count). The number of nitrogens with zero attached hydrogens (tertiary/aromatic N) is 4. The van der Waals surface area contributed by atoms with E-state index in [9.17, 15) is 4.79 Å². The Labute approximate surface area is 131 Å². The zero-order chi connectivity index (χ0) is 15.9. The third-order valence-corrected chi connectivity index (χ3v) is 5.57. The Bertz CT molecular complexity index is 1110. The molecule has 0 bridgehead atoms. The molecule has 5 nitrogen and oxygen atoms in total. The number of carbonyl (C=O) groups excluding carboxylic acids is 1. The Hall–Kier alpha value is -3.23. The molecular weight excluding hydrogens is 316 g/mol. The fourth-order valence-electron chi connectivity index (χ4n) is 2.12. The van der Waals surface area contributed by atoms with E-state index >= 15 is 0 Å². The summed E-state index contributed by atoms with van der Waals surface area (Å²) < 4.78 is 2.27. The molecule has 1 aliphatic rings. The van der Waals surface area contributed by atoms with Gasteiger partial charge < -0.3 is 0 Å². The van der Waals surface area contributed by atoms with Crippen LogP contribution in [0, 0.1) is 54.4 Å². The molecule has 100 valence electrons. The first-order valence-corrected chi connectivity index (χ1v) is 7.45. The molecule has 22 heavy (non-hydrogen) atoms. The van der Waals surface area contributed by atoms with Gasteiger partial charge in [0.15, 0.2) is 5.78 Å². The van der Waals surface area contributed by atoms with E-state index in [2.05, 4.69) is 0 Å². The van der Waals surface area contributed by atoms with Crippen molar-refractivity contribution >= 4 is 39.6 Å². The molecule has 7 heteroatoms. The highest BCUT2D eigenvalue weighted by molar-refractivity contribution is 7.12. The molecule has 0 N–H and O–H groups in total. The summed E-state index contributed by atoms with van der Waals surface area (Å²) in [6.07, 6.45) is 0. The van der Waals surface area contributed by atoms with Crippen LogP contribution >= 0.6 is 22.7 Å². The van der Waals surface area contributed by atoms with E-state index in [1.54, 1.807) is 36.4 Å². The van der Waals surface area contributed by atoms with Crippen molar-refractivity contribution in [1.82, 2.24) is 0 Å². The van der Waals surface area contributed by atoms with Crippen molar-refractivity contribution in [1.29, 1.82) is 21.0 Å². The molecule has 2 aromatic heterocycles. The molecule has 0 spiro atoms. The Morgan fingerprint density at radius 1 is 0.773 bits per heavy atom. The molecular formula is C15H2N4OS2. The van der Waals surface area contributed by atoms with E-state index in [0.717, 1.165) is 0 Å². The summed E-state index contributed by atoms with van der Waals surface area (Å²) in [5, 5.41) is 35.6. The predicted octanol–water partition coefficient (Wildman–Crippen LogP) is 1.04. The minimum absolute atomic E-state index is 0.0353. The molecule has 1 aliphatic carbocycles. The Kier molecular flexibility index (Phi) is 3.09. The van der Waals surface area contributed by atoms with E-state index in [1.807, 2.05) is 0 Å². The van der Waals surface area contributed by atoms with Gasteiger partial charge >= 0.3 is 0 Å². The first-order valence-electron chi connectivity index (χ1n) is 5.82. The SMILES string of the molecule is N#CC(C#N)=c1cc2c(s1)=c1sc(=C(C#N)C#N)cc1C2=O. The summed E-state index contributed by atoms with van der Waals surface area (Å²) in [5.41, 5.74) is 0.858. The second-order valence-electron chi connectivity index (χ2n) is 4.23. The van der Waals surface area contributed by atoms with Gasteiger partial charge in [-0.3, -0.25) is 4.79 Å². The molecule has 0 saturated heterocycles. The van der Waals surface area contributed by atoms with E-state index in [4.69, 9.17) is 21.0 Å². The van der Waals surface area contributed by atoms with Crippen molar-refractivity contribution in [2.75, 3.05) is 0 Å². The van der Waals surface area contributed by atoms with Gasteiger partial charge in [0, 0.05) is 11.1 Å². The van der Waals surface area contributed by atoms with E-state index in [1.165, 1.54) is 22.7 Å².